The summed E-state index contributed by atoms with van der Waals surface area (Å²) >= 11 is 48.9. The van der Waals surface area contributed by atoms with Gasteiger partial charge in [-0.25, -0.2) is 43.9 Å². The lowest BCUT2D eigenvalue weighted by molar-refractivity contribution is -0.143. The van der Waals surface area contributed by atoms with Crippen molar-refractivity contribution in [1.29, 1.82) is 0 Å². The summed E-state index contributed by atoms with van der Waals surface area (Å²) in [7, 11) is 3.78. The number of ether oxygens (including phenoxy) is 8. The van der Waals surface area contributed by atoms with E-state index in [9.17, 15) is 48.3 Å². The van der Waals surface area contributed by atoms with Gasteiger partial charge in [-0.05, 0) is 226 Å². The largest absolute Gasteiger partial charge is 0.493 e. The van der Waals surface area contributed by atoms with E-state index in [0.29, 0.717) is 86.7 Å². The summed E-state index contributed by atoms with van der Waals surface area (Å²) in [5, 5.41) is 30.9. The van der Waals surface area contributed by atoms with Crippen LogP contribution in [0.15, 0.2) is 243 Å². The first-order chi connectivity index (χ1) is 70.1. The maximum atomic E-state index is 12.8. The molecule has 14 rings (SSSR count). The summed E-state index contributed by atoms with van der Waals surface area (Å²) in [5.41, 5.74) is 12.1. The summed E-state index contributed by atoms with van der Waals surface area (Å²) in [6.45, 7) is 9.05. The summed E-state index contributed by atoms with van der Waals surface area (Å²) in [5.74, 6) is 1.64. The summed E-state index contributed by atoms with van der Waals surface area (Å²) in [6.07, 6.45) is 7.81. The van der Waals surface area contributed by atoms with Crippen molar-refractivity contribution in [3.05, 3.63) is 350 Å². The lowest BCUT2D eigenvalue weighted by Crippen LogP contribution is -2.43. The first-order valence-electron chi connectivity index (χ1n) is 46.5. The van der Waals surface area contributed by atoms with Crippen LogP contribution in [0.2, 0.25) is 40.2 Å². The number of carbonyl (C=O) groups excluding carboxylic acids is 8. The van der Waals surface area contributed by atoms with Crippen LogP contribution in [0.25, 0.3) is 0 Å². The number of nitrogens with one attached hydrogen (secondary N) is 7. The Morgan fingerprint density at radius 2 is 0.589 bits per heavy atom. The van der Waals surface area contributed by atoms with E-state index in [-0.39, 0.29) is 88.1 Å². The van der Waals surface area contributed by atoms with Gasteiger partial charge in [0.25, 0.3) is 23.6 Å². The monoisotopic (exact) mass is 2140 g/mol. The van der Waals surface area contributed by atoms with Gasteiger partial charge >= 0.3 is 30.0 Å². The van der Waals surface area contributed by atoms with Crippen molar-refractivity contribution < 1.29 is 86.2 Å². The molecule has 2 aliphatic carbocycles. The number of nitrogens with zero attached hydrogens (tertiary/aromatic N) is 4. The molecule has 0 saturated heterocycles. The zero-order valence-corrected chi connectivity index (χ0v) is 86.6. The van der Waals surface area contributed by atoms with Crippen molar-refractivity contribution >= 4 is 170 Å². The number of nitrogen functional groups attached to an aromatic ring is 1. The molecule has 0 aliphatic heterocycles. The number of carboxylic acid groups (broad SMARTS) is 1. The molecule has 5 amide bonds. The molecule has 4 atom stereocenters. The molecule has 2 saturated carbocycles. The number of aromatic nitrogens is 4. The molecule has 766 valence electrons. The van der Waals surface area contributed by atoms with Gasteiger partial charge in [0.15, 0.2) is 0 Å². The Morgan fingerprint density at radius 3 is 0.849 bits per heavy atom. The van der Waals surface area contributed by atoms with Crippen molar-refractivity contribution in [3.8, 4) is 23.0 Å². The maximum absolute atomic E-state index is 12.8. The molecule has 12 aromatic rings. The van der Waals surface area contributed by atoms with Crippen LogP contribution in [0.3, 0.4) is 0 Å². The number of methoxy groups -OCH3 is 3. The van der Waals surface area contributed by atoms with Gasteiger partial charge < -0.3 is 80.6 Å². The Kier molecular flexibility index (Phi) is 43.7. The molecule has 8 aromatic carbocycles. The molecule has 146 heavy (non-hydrogen) atoms. The number of hydrogen-bond acceptors (Lipinski definition) is 24. The number of hydrogen-bond donors (Lipinski definition) is 9. The van der Waals surface area contributed by atoms with Crippen LogP contribution in [0.1, 0.15) is 133 Å². The van der Waals surface area contributed by atoms with E-state index in [1.807, 2.05) is 91.0 Å². The topological polar surface area (TPSA) is 409 Å². The third kappa shape index (κ3) is 37.4. The number of aliphatic carboxylic acids is 1. The second kappa shape index (κ2) is 56.7. The highest BCUT2D eigenvalue weighted by atomic mass is 35.5. The van der Waals surface area contributed by atoms with Gasteiger partial charge in [-0.3, -0.25) is 24.5 Å². The van der Waals surface area contributed by atoms with E-state index in [1.165, 1.54) is 59.1 Å². The molecule has 2 fully saturated rings. The van der Waals surface area contributed by atoms with E-state index in [1.54, 1.807) is 160 Å². The number of amides is 5. The average Bonchev–Trinajstić information content (AvgIpc) is 1.35. The maximum Gasteiger partial charge on any atom is 0.413 e. The number of carboxylic acids is 1. The van der Waals surface area contributed by atoms with Crippen molar-refractivity contribution in [3.63, 3.8) is 0 Å². The lowest BCUT2D eigenvalue weighted by atomic mass is 10.0. The van der Waals surface area contributed by atoms with Crippen molar-refractivity contribution in [1.82, 2.24) is 41.2 Å². The number of esters is 3. The summed E-state index contributed by atoms with van der Waals surface area (Å²) in [6, 6.07) is 66.5. The smallest absolute Gasteiger partial charge is 0.413 e. The number of carbonyl (C=O) groups is 9. The molecule has 2 aliphatic rings. The highest BCUT2D eigenvalue weighted by Gasteiger charge is 2.31. The van der Waals surface area contributed by atoms with Gasteiger partial charge in [0.05, 0.1) is 110 Å². The van der Waals surface area contributed by atoms with Gasteiger partial charge in [0, 0.05) is 87.2 Å². The van der Waals surface area contributed by atoms with Gasteiger partial charge in [-0.1, -0.05) is 190 Å². The molecule has 30 nitrogen and oxygen atoms in total. The Hall–Kier alpha value is -13.7. The molecule has 0 bridgehead atoms. The van der Waals surface area contributed by atoms with Crippen LogP contribution in [-0.2, 0) is 89.5 Å². The number of benzene rings is 8. The SMILES string of the molecule is COC(=O)[C@H](Cc1ccc(OCCc2cccc(N)n2)cc1)NC(=O)c1c(Cl)cccc1Cl.COC(=O)[C@H](Cc1ccc(OCCc2cccc(NC(=O)OC(C)(C)C)n2)cc1)NC(=O)c1c(Cl)cccc1Cl.COC(=O)[C@H](Cc1ccc(OCCc2cccc(NCC3CC3)n2)cc1)NC(=O)c1c(Cl)cccc1Cl.O=C(N[C@@H](Cc1ccc(OCCc2cccc(NCC3CC3)n2)cc1)C(=O)O)c1c(Cl)cccc1Cl. The second-order valence-corrected chi connectivity index (χ2v) is 37.8. The van der Waals surface area contributed by atoms with Gasteiger partial charge in [0.1, 0.15) is 76.0 Å². The Labute approximate surface area is 885 Å². The van der Waals surface area contributed by atoms with Crippen molar-refractivity contribution in [2.24, 2.45) is 11.8 Å². The number of anilines is 4. The Morgan fingerprint density at radius 1 is 0.342 bits per heavy atom. The summed E-state index contributed by atoms with van der Waals surface area (Å²) in [4.78, 5) is 130. The number of nitrogens with two attached hydrogens (primary N) is 1. The van der Waals surface area contributed by atoms with Crippen molar-refractivity contribution in [2.75, 3.05) is 82.5 Å². The van der Waals surface area contributed by atoms with E-state index in [4.69, 9.17) is 136 Å². The highest BCUT2D eigenvalue weighted by molar-refractivity contribution is 6.42. The molecule has 0 spiro atoms. The van der Waals surface area contributed by atoms with E-state index in [0.717, 1.165) is 81.6 Å². The van der Waals surface area contributed by atoms with Crippen LogP contribution >= 0.6 is 92.8 Å². The summed E-state index contributed by atoms with van der Waals surface area (Å²) < 4.78 is 43.2. The molecule has 0 unspecified atom stereocenters. The van der Waals surface area contributed by atoms with Crippen LogP contribution < -0.4 is 61.9 Å². The van der Waals surface area contributed by atoms with Crippen LogP contribution in [0.5, 0.6) is 23.0 Å². The molecule has 0 radical (unpaired) electrons. The first kappa shape index (κ1) is 113. The fraction of sp³-hybridized carbons (Fsp3) is 0.287. The van der Waals surface area contributed by atoms with Crippen LogP contribution in [0, 0.1) is 11.8 Å². The predicted molar refractivity (Wildman–Crippen MR) is 566 cm³/mol. The minimum absolute atomic E-state index is 0.0505. The number of halogens is 8. The van der Waals surface area contributed by atoms with Crippen LogP contribution in [0.4, 0.5) is 28.1 Å². The zero-order valence-electron chi connectivity index (χ0n) is 80.6. The molecule has 10 N–H and O–H groups in total. The third-order valence-corrected chi connectivity index (χ3v) is 24.6. The van der Waals surface area contributed by atoms with E-state index < -0.39 is 83.4 Å². The van der Waals surface area contributed by atoms with Gasteiger partial charge in [-0.2, -0.15) is 0 Å². The fourth-order valence-electron chi connectivity index (χ4n) is 14.2. The zero-order chi connectivity index (χ0) is 105. The average molecular weight is 2150 g/mol. The standard InChI is InChI=1S/C29H31Cl2N3O6.C28H29Cl2N3O4.C27H27Cl2N3O4.C24H23Cl2N3O4/c1-29(2,3)40-28(37)34-24-10-5-7-19(32-24)15-16-39-20-13-11-18(12-14-20)17-23(27(36)38-4)33-26(35)25-21(30)8-6-9-22(25)31;1-36-28(35)24(33-27(34)26-22(29)5-3-6-23(26)30)16-18-10-12-21(13-11-18)37-15-14-20-4-2-7-25(32-20)31-17-19-8-9-19;28-21-4-2-5-22(29)25(21)26(33)32-23(27(34)35)15-17-9-11-20(12-10-17)36-14-13-19-3-1-6-24(31-19)30-16-18-7-8-18;1-32-24(31)20(29-23(30)22-18(25)5-3-6-19(22)26)14-15-8-10-17(11-9-15)33-13-12-16-4-2-7-21(27)28-16/h5-14,23H,15-17H2,1-4H3,(H,33,35)(H,32,34,37);2-7,10-13,19,24H,8-9,14-17H2,1H3,(H,31,32)(H,33,34);1-6,9-12,18,23H,7-8,13-16H2,(H,30,31)(H,32,33)(H,34,35);2-11,20H,12-14H2,1H3,(H2,27,28)(H,29,30)/t23-;24-;23-;20-/m0000/s1. The molecule has 4 heterocycles. The van der Waals surface area contributed by atoms with E-state index >= 15 is 0 Å². The highest BCUT2D eigenvalue weighted by Crippen LogP contribution is 2.33. The predicted octanol–water partition coefficient (Wildman–Crippen LogP) is 20.6. The number of pyridine rings is 4. The molecule has 4 aromatic heterocycles. The minimum atomic E-state index is -1.16. The number of rotatable bonds is 43. The van der Waals surface area contributed by atoms with E-state index in [2.05, 4.69) is 57.2 Å². The van der Waals surface area contributed by atoms with Gasteiger partial charge in [0.2, 0.25) is 0 Å². The third-order valence-electron chi connectivity index (χ3n) is 22.1. The lowest BCUT2D eigenvalue weighted by Gasteiger charge is -2.19. The normalized spacial score (nSPS) is 12.6. The molecular weight excluding hydrogens is 2040 g/mol. The minimum Gasteiger partial charge on any atom is -0.493 e. The Bertz CT molecular complexity index is 6370. The van der Waals surface area contributed by atoms with Gasteiger partial charge in [-0.15, -0.1) is 0 Å². The van der Waals surface area contributed by atoms with Crippen molar-refractivity contribution in [2.45, 2.75) is 128 Å². The molecule has 38 heteroatoms. The quantitative estimate of drug-likeness (QED) is 0.0127. The first-order valence-corrected chi connectivity index (χ1v) is 49.6. The van der Waals surface area contributed by atoms with Crippen LogP contribution in [-0.4, -0.2) is 169 Å². The molecular formula is C108H110Cl8N12O18. The Balaban J connectivity index is 0.000000186. The second-order valence-electron chi connectivity index (χ2n) is 34.6. The fourth-order valence-corrected chi connectivity index (χ4v) is 16.5.